The van der Waals surface area contributed by atoms with Crippen LogP contribution in [-0.2, 0) is 18.3 Å². The molecule has 5 rings (SSSR count). The van der Waals surface area contributed by atoms with Crippen molar-refractivity contribution in [3.8, 4) is 11.4 Å². The van der Waals surface area contributed by atoms with E-state index in [-0.39, 0.29) is 11.6 Å². The number of fused-ring (bicyclic) bond motifs is 1. The average molecular weight is 585 g/mol. The van der Waals surface area contributed by atoms with Crippen molar-refractivity contribution in [1.82, 2.24) is 19.7 Å². The Morgan fingerprint density at radius 1 is 0.976 bits per heavy atom. The topological polar surface area (TPSA) is 133 Å². The van der Waals surface area contributed by atoms with Gasteiger partial charge in [-0.05, 0) is 72.0 Å². The molecule has 0 fully saturated rings. The number of benzene rings is 3. The minimum absolute atomic E-state index is 0.315. The highest BCUT2D eigenvalue weighted by Gasteiger charge is 2.38. The number of carbonyl (C=O) groups is 1. The number of aliphatic carboxylic acids is 1. The van der Waals surface area contributed by atoms with Crippen LogP contribution in [0.15, 0.2) is 66.7 Å². The molecule has 13 heteroatoms. The number of pyridine rings is 1. The molecule has 2 aromatic heterocycles. The smallest absolute Gasteiger partial charge is 0.475 e. The summed E-state index contributed by atoms with van der Waals surface area (Å²) >= 11 is 0. The Labute approximate surface area is 236 Å². The SMILES string of the molecule is CCc1ccc(F)c(C(c2cc3cc(N)ccc3c(N)n2)c2nc(-c3ccc(F)cc3)nn2C)c1.O=C(O)C(F)(F)F. The second-order valence-electron chi connectivity index (χ2n) is 9.28. The molecule has 1 atom stereocenters. The lowest BCUT2D eigenvalue weighted by molar-refractivity contribution is -0.192. The van der Waals surface area contributed by atoms with Crippen LogP contribution in [0.1, 0.15) is 35.5 Å². The number of halogens is 5. The summed E-state index contributed by atoms with van der Waals surface area (Å²) in [6.45, 7) is 2.01. The van der Waals surface area contributed by atoms with Crippen molar-refractivity contribution in [2.75, 3.05) is 11.5 Å². The van der Waals surface area contributed by atoms with E-state index < -0.39 is 18.1 Å². The van der Waals surface area contributed by atoms with Crippen molar-refractivity contribution in [3.05, 3.63) is 101 Å². The fraction of sp³-hybridized carbons (Fsp3) is 0.172. The molecule has 0 aliphatic carbocycles. The van der Waals surface area contributed by atoms with E-state index in [4.69, 9.17) is 26.4 Å². The molecule has 0 bridgehead atoms. The van der Waals surface area contributed by atoms with Gasteiger partial charge < -0.3 is 16.6 Å². The van der Waals surface area contributed by atoms with Crippen LogP contribution in [0.2, 0.25) is 0 Å². The third kappa shape index (κ3) is 6.45. The van der Waals surface area contributed by atoms with Crippen molar-refractivity contribution >= 4 is 28.2 Å². The van der Waals surface area contributed by atoms with Gasteiger partial charge in [0.1, 0.15) is 23.3 Å². The van der Waals surface area contributed by atoms with Gasteiger partial charge in [0.25, 0.3) is 0 Å². The molecule has 0 aliphatic heterocycles. The molecule has 0 aliphatic rings. The first-order valence-corrected chi connectivity index (χ1v) is 12.5. The second kappa shape index (κ2) is 11.8. The molecule has 8 nitrogen and oxygen atoms in total. The van der Waals surface area contributed by atoms with E-state index in [1.54, 1.807) is 36.0 Å². The van der Waals surface area contributed by atoms with Crippen LogP contribution in [0.4, 0.5) is 33.5 Å². The monoisotopic (exact) mass is 584 g/mol. The third-order valence-electron chi connectivity index (χ3n) is 6.38. The van der Waals surface area contributed by atoms with Gasteiger partial charge in [0, 0.05) is 29.2 Å². The van der Waals surface area contributed by atoms with Gasteiger partial charge in [0.15, 0.2) is 5.82 Å². The van der Waals surface area contributed by atoms with Crippen molar-refractivity contribution in [1.29, 1.82) is 0 Å². The lowest BCUT2D eigenvalue weighted by atomic mass is 9.91. The molecule has 42 heavy (non-hydrogen) atoms. The molecular formula is C29H25F5N6O2. The summed E-state index contributed by atoms with van der Waals surface area (Å²) in [7, 11) is 1.74. The van der Waals surface area contributed by atoms with Crippen LogP contribution in [0.25, 0.3) is 22.2 Å². The minimum atomic E-state index is -5.08. The van der Waals surface area contributed by atoms with E-state index in [0.29, 0.717) is 40.0 Å². The normalized spacial score (nSPS) is 12.1. The van der Waals surface area contributed by atoms with E-state index in [0.717, 1.165) is 22.8 Å². The number of hydrogen-bond acceptors (Lipinski definition) is 6. The summed E-state index contributed by atoms with van der Waals surface area (Å²) in [6, 6.07) is 18.2. The summed E-state index contributed by atoms with van der Waals surface area (Å²) in [5.74, 6) is -2.99. The quantitative estimate of drug-likeness (QED) is 0.174. The maximum absolute atomic E-state index is 15.3. The molecule has 0 spiro atoms. The minimum Gasteiger partial charge on any atom is -0.475 e. The molecule has 1 unspecified atom stereocenters. The van der Waals surface area contributed by atoms with Crippen LogP contribution in [0.3, 0.4) is 0 Å². The highest BCUT2D eigenvalue weighted by molar-refractivity contribution is 5.93. The fourth-order valence-corrected chi connectivity index (χ4v) is 4.31. The Morgan fingerprint density at radius 3 is 2.26 bits per heavy atom. The van der Waals surface area contributed by atoms with Gasteiger partial charge in [0.2, 0.25) is 0 Å². The van der Waals surface area contributed by atoms with Crippen molar-refractivity contribution < 1.29 is 31.9 Å². The molecule has 5 N–H and O–H groups in total. The second-order valence-corrected chi connectivity index (χ2v) is 9.28. The van der Waals surface area contributed by atoms with Gasteiger partial charge in [-0.3, -0.25) is 4.68 Å². The van der Waals surface area contributed by atoms with Crippen molar-refractivity contribution in [2.45, 2.75) is 25.4 Å². The fourth-order valence-electron chi connectivity index (χ4n) is 4.31. The van der Waals surface area contributed by atoms with E-state index in [1.165, 1.54) is 18.2 Å². The molecule has 2 heterocycles. The summed E-state index contributed by atoms with van der Waals surface area (Å²) < 4.78 is 62.1. The first kappa shape index (κ1) is 29.9. The maximum Gasteiger partial charge on any atom is 0.490 e. The number of nitrogens with two attached hydrogens (primary N) is 2. The summed E-state index contributed by atoms with van der Waals surface area (Å²) in [5.41, 5.74) is 15.5. The Bertz CT molecular complexity index is 1750. The van der Waals surface area contributed by atoms with Gasteiger partial charge in [0.05, 0.1) is 11.6 Å². The number of carboxylic acids is 1. The summed E-state index contributed by atoms with van der Waals surface area (Å²) in [5, 5.41) is 13.2. The van der Waals surface area contributed by atoms with Crippen LogP contribution < -0.4 is 11.5 Å². The number of aryl methyl sites for hydroxylation is 2. The van der Waals surface area contributed by atoms with Crippen molar-refractivity contribution in [3.63, 3.8) is 0 Å². The van der Waals surface area contributed by atoms with E-state index >= 15 is 4.39 Å². The van der Waals surface area contributed by atoms with Gasteiger partial charge >= 0.3 is 12.1 Å². The van der Waals surface area contributed by atoms with E-state index in [2.05, 4.69) is 10.1 Å². The zero-order valence-electron chi connectivity index (χ0n) is 22.3. The molecule has 5 aromatic rings. The zero-order chi connectivity index (χ0) is 30.8. The number of aromatic nitrogens is 4. The largest absolute Gasteiger partial charge is 0.490 e. The van der Waals surface area contributed by atoms with E-state index in [9.17, 15) is 17.6 Å². The lowest BCUT2D eigenvalue weighted by Gasteiger charge is -2.19. The average Bonchev–Trinajstić information content (AvgIpc) is 3.30. The third-order valence-corrected chi connectivity index (χ3v) is 6.38. The standard InChI is InChI=1S/C27H24F2N6.C2HF3O2/c1-3-15-4-11-22(29)21(12-15)24(23-14-17-13-19(30)9-10-20(17)25(31)32-23)27-33-26(34-35(27)2)16-5-7-18(28)8-6-16;3-2(4,5)1(6)7/h4-14,24H,3,30H2,1-2H3,(H2,31,32);(H,6,7). The summed E-state index contributed by atoms with van der Waals surface area (Å²) in [4.78, 5) is 18.3. The number of nitrogen functional groups attached to an aromatic ring is 2. The van der Waals surface area contributed by atoms with E-state index in [1.807, 2.05) is 31.2 Å². The highest BCUT2D eigenvalue weighted by Crippen LogP contribution is 2.36. The number of anilines is 2. The van der Waals surface area contributed by atoms with Crippen LogP contribution in [-0.4, -0.2) is 37.0 Å². The van der Waals surface area contributed by atoms with Crippen molar-refractivity contribution in [2.24, 2.45) is 7.05 Å². The number of hydrogen-bond donors (Lipinski definition) is 3. The first-order valence-electron chi connectivity index (χ1n) is 12.5. The van der Waals surface area contributed by atoms with Gasteiger partial charge in [-0.15, -0.1) is 0 Å². The Hall–Kier alpha value is -5.07. The van der Waals surface area contributed by atoms with Crippen LogP contribution in [0, 0.1) is 11.6 Å². The molecule has 218 valence electrons. The molecule has 0 saturated heterocycles. The Morgan fingerprint density at radius 2 is 1.64 bits per heavy atom. The first-order chi connectivity index (χ1) is 19.8. The molecule has 0 radical (unpaired) electrons. The molecule has 3 aromatic carbocycles. The molecule has 0 saturated carbocycles. The van der Waals surface area contributed by atoms with Gasteiger partial charge in [-0.1, -0.05) is 19.1 Å². The highest BCUT2D eigenvalue weighted by atomic mass is 19.4. The maximum atomic E-state index is 15.3. The van der Waals surface area contributed by atoms with Gasteiger partial charge in [-0.2, -0.15) is 18.3 Å². The van der Waals surface area contributed by atoms with Crippen LogP contribution in [0.5, 0.6) is 0 Å². The van der Waals surface area contributed by atoms with Gasteiger partial charge in [-0.25, -0.2) is 23.5 Å². The molecular weight excluding hydrogens is 559 g/mol. The lowest BCUT2D eigenvalue weighted by Crippen LogP contribution is -2.21. The molecule has 0 amide bonds. The summed E-state index contributed by atoms with van der Waals surface area (Å²) in [6.07, 6.45) is -4.34. The predicted octanol–water partition coefficient (Wildman–Crippen LogP) is 5.85. The Kier molecular flexibility index (Phi) is 8.41. The number of alkyl halides is 3. The number of carboxylic acid groups (broad SMARTS) is 1. The zero-order valence-corrected chi connectivity index (χ0v) is 22.3. The number of nitrogens with zero attached hydrogens (tertiary/aromatic N) is 4. The van der Waals surface area contributed by atoms with Crippen LogP contribution >= 0.6 is 0 Å². The number of rotatable bonds is 5. The Balaban J connectivity index is 0.000000517. The predicted molar refractivity (Wildman–Crippen MR) is 147 cm³/mol.